The third kappa shape index (κ3) is 4.44. The van der Waals surface area contributed by atoms with Crippen LogP contribution >= 0.6 is 0 Å². The molecule has 1 aliphatic rings. The van der Waals surface area contributed by atoms with Gasteiger partial charge in [0.25, 0.3) is 5.91 Å². The third-order valence-electron chi connectivity index (χ3n) is 6.33. The molecule has 3 aromatic heterocycles. The first kappa shape index (κ1) is 24.9. The minimum atomic E-state index is -1.05. The molecule has 194 valence electrons. The molecule has 0 unspecified atom stereocenters. The number of pyridine rings is 1. The van der Waals surface area contributed by atoms with E-state index >= 15 is 0 Å². The van der Waals surface area contributed by atoms with Gasteiger partial charge in [-0.25, -0.2) is 24.0 Å². The number of carbonyl (C=O) groups is 3. The van der Waals surface area contributed by atoms with Gasteiger partial charge in [0.05, 0.1) is 17.3 Å². The molecule has 38 heavy (non-hydrogen) atoms. The average molecular weight is 517 g/mol. The van der Waals surface area contributed by atoms with Crippen LogP contribution in [0.4, 0.5) is 10.2 Å². The van der Waals surface area contributed by atoms with Gasteiger partial charge in [0.15, 0.2) is 11.5 Å². The lowest BCUT2D eigenvalue weighted by Crippen LogP contribution is -2.36. The lowest BCUT2D eigenvalue weighted by Gasteiger charge is -2.18. The molecule has 4 heterocycles. The zero-order valence-electron chi connectivity index (χ0n) is 21.0. The molecule has 11 nitrogen and oxygen atoms in total. The number of rotatable bonds is 7. The predicted octanol–water partition coefficient (Wildman–Crippen LogP) is 2.17. The first-order valence-electron chi connectivity index (χ1n) is 12.0. The van der Waals surface area contributed by atoms with Crippen molar-refractivity contribution in [3.8, 4) is 11.5 Å². The first-order chi connectivity index (χ1) is 18.2. The second kappa shape index (κ2) is 9.61. The molecule has 0 saturated heterocycles. The number of nitrogens with one attached hydrogen (secondary N) is 3. The Morgan fingerprint density at radius 1 is 1.08 bits per heavy atom. The summed E-state index contributed by atoms with van der Waals surface area (Å²) in [6.45, 7) is 5.28. The van der Waals surface area contributed by atoms with Crippen LogP contribution in [0.2, 0.25) is 0 Å². The topological polar surface area (TPSA) is 144 Å². The van der Waals surface area contributed by atoms with Crippen LogP contribution in [0.25, 0.3) is 22.6 Å². The van der Waals surface area contributed by atoms with Crippen LogP contribution in [-0.4, -0.2) is 55.5 Å². The summed E-state index contributed by atoms with van der Waals surface area (Å²) in [5, 5.41) is 13.3. The van der Waals surface area contributed by atoms with Gasteiger partial charge in [0.1, 0.15) is 23.0 Å². The molecular weight excluding hydrogens is 491 g/mol. The molecule has 0 atom stereocenters. The molecule has 0 aliphatic carbocycles. The molecule has 1 aromatic carbocycles. The van der Waals surface area contributed by atoms with Gasteiger partial charge >= 0.3 is 0 Å². The summed E-state index contributed by atoms with van der Waals surface area (Å²) >= 11 is 0. The van der Waals surface area contributed by atoms with Crippen molar-refractivity contribution in [2.75, 3.05) is 18.4 Å². The number of hydrogen-bond donors (Lipinski definition) is 3. The highest BCUT2D eigenvalue weighted by Crippen LogP contribution is 2.39. The van der Waals surface area contributed by atoms with E-state index in [0.717, 1.165) is 0 Å². The summed E-state index contributed by atoms with van der Waals surface area (Å²) in [4.78, 5) is 50.7. The molecule has 3 amide bonds. The van der Waals surface area contributed by atoms with Gasteiger partial charge in [-0.15, -0.1) is 0 Å². The predicted molar refractivity (Wildman–Crippen MR) is 137 cm³/mol. The van der Waals surface area contributed by atoms with Gasteiger partial charge in [0, 0.05) is 37.3 Å². The maximum absolute atomic E-state index is 14.4. The van der Waals surface area contributed by atoms with Gasteiger partial charge in [-0.3, -0.25) is 14.4 Å². The summed E-state index contributed by atoms with van der Waals surface area (Å²) < 4.78 is 15.9. The molecule has 0 saturated carbocycles. The summed E-state index contributed by atoms with van der Waals surface area (Å²) in [5.74, 6) is -1.09. The van der Waals surface area contributed by atoms with E-state index in [-0.39, 0.29) is 54.6 Å². The van der Waals surface area contributed by atoms with E-state index < -0.39 is 11.3 Å². The minimum Gasteiger partial charge on any atom is -0.355 e. The third-order valence-corrected chi connectivity index (χ3v) is 6.33. The van der Waals surface area contributed by atoms with Crippen molar-refractivity contribution in [3.63, 3.8) is 0 Å². The van der Waals surface area contributed by atoms with Gasteiger partial charge in [-0.05, 0) is 32.0 Å². The Morgan fingerprint density at radius 2 is 1.84 bits per heavy atom. The van der Waals surface area contributed by atoms with Crippen LogP contribution in [0.15, 0.2) is 42.6 Å². The second-order valence-electron chi connectivity index (χ2n) is 9.41. The van der Waals surface area contributed by atoms with E-state index in [1.54, 1.807) is 55.1 Å². The Labute approximate surface area is 216 Å². The molecule has 1 aliphatic heterocycles. The van der Waals surface area contributed by atoms with Crippen molar-refractivity contribution in [3.05, 3.63) is 65.2 Å². The standard InChI is InChI=1S/C26H25FN8O3/c1-14(36)28-11-12-30-24(37)20-18-21(33-25(38)26(18,2)3)32-22(31-20)19-16-8-6-10-29-23(16)35(34-19)13-15-7-4-5-9-17(15)27/h4-10H,11-13H2,1-3H3,(H,28,36)(H,30,37)(H,31,32,33,38). The summed E-state index contributed by atoms with van der Waals surface area (Å²) in [6, 6.07) is 9.91. The fourth-order valence-corrected chi connectivity index (χ4v) is 4.36. The molecule has 5 rings (SSSR count). The number of aromatic nitrogens is 5. The number of halogens is 1. The van der Waals surface area contributed by atoms with Gasteiger partial charge < -0.3 is 16.0 Å². The summed E-state index contributed by atoms with van der Waals surface area (Å²) in [6.07, 6.45) is 1.60. The van der Waals surface area contributed by atoms with E-state index in [9.17, 15) is 18.8 Å². The molecule has 12 heteroatoms. The average Bonchev–Trinajstić information content (AvgIpc) is 3.36. The van der Waals surface area contributed by atoms with E-state index in [1.807, 2.05) is 0 Å². The Hall–Kier alpha value is -4.74. The molecular formula is C26H25FN8O3. The smallest absolute Gasteiger partial charge is 0.270 e. The number of benzene rings is 1. The van der Waals surface area contributed by atoms with E-state index in [2.05, 4.69) is 36.0 Å². The Bertz CT molecular complexity index is 1600. The lowest BCUT2D eigenvalue weighted by atomic mass is 9.85. The number of nitrogens with zero attached hydrogens (tertiary/aromatic N) is 5. The lowest BCUT2D eigenvalue weighted by molar-refractivity contribution is -0.120. The maximum atomic E-state index is 14.4. The van der Waals surface area contributed by atoms with E-state index in [0.29, 0.717) is 27.9 Å². The number of fused-ring (bicyclic) bond motifs is 2. The Balaban J connectivity index is 1.60. The highest BCUT2D eigenvalue weighted by atomic mass is 19.1. The van der Waals surface area contributed by atoms with E-state index in [4.69, 9.17) is 0 Å². The van der Waals surface area contributed by atoms with Crippen molar-refractivity contribution in [2.24, 2.45) is 0 Å². The van der Waals surface area contributed by atoms with Crippen LogP contribution in [0.3, 0.4) is 0 Å². The number of amides is 3. The number of anilines is 1. The normalized spacial score (nSPS) is 13.7. The highest BCUT2D eigenvalue weighted by molar-refractivity contribution is 6.09. The summed E-state index contributed by atoms with van der Waals surface area (Å²) in [5.41, 5.74) is 0.594. The quantitative estimate of drug-likeness (QED) is 0.319. The van der Waals surface area contributed by atoms with Crippen LogP contribution in [-0.2, 0) is 21.5 Å². The molecule has 0 bridgehead atoms. The molecule has 4 aromatic rings. The first-order valence-corrected chi connectivity index (χ1v) is 12.0. The van der Waals surface area contributed by atoms with E-state index in [1.165, 1.54) is 13.0 Å². The van der Waals surface area contributed by atoms with Crippen molar-refractivity contribution < 1.29 is 18.8 Å². The fraction of sp³-hybridized carbons (Fsp3) is 0.269. The van der Waals surface area contributed by atoms with Crippen molar-refractivity contribution >= 4 is 34.6 Å². The van der Waals surface area contributed by atoms with Crippen molar-refractivity contribution in [2.45, 2.75) is 32.7 Å². The van der Waals surface area contributed by atoms with Gasteiger partial charge in [0.2, 0.25) is 11.8 Å². The largest absolute Gasteiger partial charge is 0.355 e. The second-order valence-corrected chi connectivity index (χ2v) is 9.41. The Morgan fingerprint density at radius 3 is 2.61 bits per heavy atom. The fourth-order valence-electron chi connectivity index (χ4n) is 4.36. The van der Waals surface area contributed by atoms with Crippen LogP contribution < -0.4 is 16.0 Å². The van der Waals surface area contributed by atoms with Gasteiger partial charge in [-0.1, -0.05) is 18.2 Å². The molecule has 0 spiro atoms. The van der Waals surface area contributed by atoms with Gasteiger partial charge in [-0.2, -0.15) is 5.10 Å². The number of carbonyl (C=O) groups excluding carboxylic acids is 3. The summed E-state index contributed by atoms with van der Waals surface area (Å²) in [7, 11) is 0. The zero-order chi connectivity index (χ0) is 27.0. The molecule has 0 radical (unpaired) electrons. The van der Waals surface area contributed by atoms with Crippen LogP contribution in [0, 0.1) is 5.82 Å². The number of hydrogen-bond acceptors (Lipinski definition) is 7. The zero-order valence-corrected chi connectivity index (χ0v) is 21.0. The molecule has 3 N–H and O–H groups in total. The van der Waals surface area contributed by atoms with Crippen LogP contribution in [0.5, 0.6) is 0 Å². The van der Waals surface area contributed by atoms with Crippen molar-refractivity contribution in [1.29, 1.82) is 0 Å². The van der Waals surface area contributed by atoms with Crippen LogP contribution in [0.1, 0.15) is 42.4 Å². The SMILES string of the molecule is CC(=O)NCCNC(=O)c1nc(-c2nn(Cc3ccccc3F)c3ncccc23)nc2c1C(C)(C)C(=O)N2. The molecule has 0 fully saturated rings. The monoisotopic (exact) mass is 516 g/mol. The minimum absolute atomic E-state index is 0.0249. The maximum Gasteiger partial charge on any atom is 0.270 e. The van der Waals surface area contributed by atoms with Crippen molar-refractivity contribution in [1.82, 2.24) is 35.4 Å². The Kier molecular flexibility index (Phi) is 6.31. The highest BCUT2D eigenvalue weighted by Gasteiger charge is 2.44.